The lowest BCUT2D eigenvalue weighted by atomic mass is 10.2. The van der Waals surface area contributed by atoms with Crippen molar-refractivity contribution in [3.63, 3.8) is 0 Å². The molecule has 0 radical (unpaired) electrons. The molecule has 0 unspecified atom stereocenters. The second-order valence-electron chi connectivity index (χ2n) is 4.35. The number of hydrogen-bond donors (Lipinski definition) is 1. The Labute approximate surface area is 111 Å². The number of hydrogen-bond acceptors (Lipinski definition) is 3. The van der Waals surface area contributed by atoms with E-state index in [1.165, 1.54) is 0 Å². The van der Waals surface area contributed by atoms with Crippen LogP contribution in [0.25, 0.3) is 0 Å². The number of sulfonamides is 1. The summed E-state index contributed by atoms with van der Waals surface area (Å²) in [7, 11) is -4.13. The predicted molar refractivity (Wildman–Crippen MR) is 67.0 cm³/mol. The molecule has 0 aliphatic carbocycles. The lowest BCUT2D eigenvalue weighted by molar-refractivity contribution is 0.280. The van der Waals surface area contributed by atoms with Crippen LogP contribution in [0, 0.1) is 11.6 Å². The first-order valence-electron chi connectivity index (χ1n) is 5.86. The molecule has 1 rings (SSSR count). The van der Waals surface area contributed by atoms with Crippen LogP contribution in [0.2, 0.25) is 0 Å². The molecule has 0 heterocycles. The number of benzene rings is 1. The maximum atomic E-state index is 13.7. The van der Waals surface area contributed by atoms with Gasteiger partial charge in [0, 0.05) is 12.6 Å². The van der Waals surface area contributed by atoms with Crippen LogP contribution in [-0.2, 0) is 16.6 Å². The van der Waals surface area contributed by atoms with E-state index in [0.29, 0.717) is 0 Å². The molecular weight excluding hydrogens is 276 g/mol. The Kier molecular flexibility index (Phi) is 5.00. The Hall–Kier alpha value is -1.05. The normalized spacial score (nSPS) is 12.4. The van der Waals surface area contributed by atoms with Gasteiger partial charge in [-0.2, -0.15) is 4.31 Å². The van der Waals surface area contributed by atoms with Crippen LogP contribution in [-0.4, -0.2) is 30.4 Å². The average Bonchev–Trinajstić information content (AvgIpc) is 2.32. The van der Waals surface area contributed by atoms with E-state index in [1.807, 2.05) is 0 Å². The van der Waals surface area contributed by atoms with E-state index in [2.05, 4.69) is 0 Å². The van der Waals surface area contributed by atoms with Crippen molar-refractivity contribution >= 4 is 10.0 Å². The molecule has 0 atom stereocenters. The van der Waals surface area contributed by atoms with Gasteiger partial charge in [-0.15, -0.1) is 0 Å². The SMILES string of the molecule is CCN(C(C)C)S(=O)(=O)c1cc(CO)cc(F)c1F. The third-order valence-corrected chi connectivity index (χ3v) is 4.86. The average molecular weight is 293 g/mol. The van der Waals surface area contributed by atoms with Gasteiger partial charge in [-0.1, -0.05) is 6.92 Å². The predicted octanol–water partition coefficient (Wildman–Crippen LogP) is 1.88. The van der Waals surface area contributed by atoms with Crippen LogP contribution in [0.1, 0.15) is 26.3 Å². The summed E-state index contributed by atoms with van der Waals surface area (Å²) >= 11 is 0. The number of aliphatic hydroxyl groups is 1. The van der Waals surface area contributed by atoms with Crippen LogP contribution >= 0.6 is 0 Å². The molecular formula is C12H17F2NO3S. The van der Waals surface area contributed by atoms with Crippen molar-refractivity contribution < 1.29 is 22.3 Å². The largest absolute Gasteiger partial charge is 0.392 e. The van der Waals surface area contributed by atoms with Gasteiger partial charge in [0.25, 0.3) is 0 Å². The van der Waals surface area contributed by atoms with Crippen molar-refractivity contribution in [3.8, 4) is 0 Å². The molecule has 0 fully saturated rings. The van der Waals surface area contributed by atoms with E-state index in [4.69, 9.17) is 5.11 Å². The lowest BCUT2D eigenvalue weighted by Gasteiger charge is -2.24. The Morgan fingerprint density at radius 3 is 2.32 bits per heavy atom. The fourth-order valence-electron chi connectivity index (χ4n) is 1.84. The summed E-state index contributed by atoms with van der Waals surface area (Å²) in [5.74, 6) is -2.71. The van der Waals surface area contributed by atoms with Gasteiger partial charge in [0.05, 0.1) is 6.61 Å². The highest BCUT2D eigenvalue weighted by molar-refractivity contribution is 7.89. The highest BCUT2D eigenvalue weighted by Crippen LogP contribution is 2.24. The maximum Gasteiger partial charge on any atom is 0.246 e. The van der Waals surface area contributed by atoms with Gasteiger partial charge in [0.1, 0.15) is 4.90 Å². The zero-order valence-corrected chi connectivity index (χ0v) is 11.8. The summed E-state index contributed by atoms with van der Waals surface area (Å²) in [5, 5.41) is 8.95. The molecule has 0 amide bonds. The van der Waals surface area contributed by atoms with Crippen molar-refractivity contribution in [2.75, 3.05) is 6.54 Å². The summed E-state index contributed by atoms with van der Waals surface area (Å²) in [6, 6.07) is 1.36. The van der Waals surface area contributed by atoms with Gasteiger partial charge in [-0.05, 0) is 31.5 Å². The first kappa shape index (κ1) is 16.0. The quantitative estimate of drug-likeness (QED) is 0.901. The Bertz CT molecular complexity index is 558. The molecule has 19 heavy (non-hydrogen) atoms. The molecule has 1 aromatic carbocycles. The van der Waals surface area contributed by atoms with Gasteiger partial charge in [0.15, 0.2) is 11.6 Å². The van der Waals surface area contributed by atoms with Crippen molar-refractivity contribution in [3.05, 3.63) is 29.3 Å². The summed E-state index contributed by atoms with van der Waals surface area (Å²) in [4.78, 5) is -0.743. The molecule has 7 heteroatoms. The number of rotatable bonds is 5. The fourth-order valence-corrected chi connectivity index (χ4v) is 3.61. The van der Waals surface area contributed by atoms with Gasteiger partial charge < -0.3 is 5.11 Å². The summed E-state index contributed by atoms with van der Waals surface area (Å²) in [6.07, 6.45) is 0. The minimum atomic E-state index is -4.13. The zero-order valence-electron chi connectivity index (χ0n) is 11.0. The second-order valence-corrected chi connectivity index (χ2v) is 6.21. The molecule has 0 aliphatic rings. The number of nitrogens with zero attached hydrogens (tertiary/aromatic N) is 1. The number of halogens is 2. The van der Waals surface area contributed by atoms with Crippen LogP contribution in [0.3, 0.4) is 0 Å². The van der Waals surface area contributed by atoms with Gasteiger partial charge in [0.2, 0.25) is 10.0 Å². The van der Waals surface area contributed by atoms with Crippen molar-refractivity contribution in [1.82, 2.24) is 4.31 Å². The zero-order chi connectivity index (χ0) is 14.8. The minimum Gasteiger partial charge on any atom is -0.392 e. The topological polar surface area (TPSA) is 57.6 Å². The van der Waals surface area contributed by atoms with E-state index in [-0.39, 0.29) is 18.2 Å². The molecule has 1 aromatic rings. The molecule has 0 saturated heterocycles. The molecule has 0 aliphatic heterocycles. The maximum absolute atomic E-state index is 13.7. The third kappa shape index (κ3) is 3.10. The fraction of sp³-hybridized carbons (Fsp3) is 0.500. The lowest BCUT2D eigenvalue weighted by Crippen LogP contribution is -2.37. The highest BCUT2D eigenvalue weighted by Gasteiger charge is 2.30. The monoisotopic (exact) mass is 293 g/mol. The van der Waals surface area contributed by atoms with Gasteiger partial charge in [-0.3, -0.25) is 0 Å². The molecule has 0 saturated carbocycles. The van der Waals surface area contributed by atoms with E-state index in [1.54, 1.807) is 20.8 Å². The molecule has 0 aromatic heterocycles. The first-order valence-corrected chi connectivity index (χ1v) is 7.30. The van der Waals surface area contributed by atoms with Crippen LogP contribution in [0.15, 0.2) is 17.0 Å². The Morgan fingerprint density at radius 1 is 1.32 bits per heavy atom. The van der Waals surface area contributed by atoms with E-state index < -0.39 is 33.2 Å². The highest BCUT2D eigenvalue weighted by atomic mass is 32.2. The first-order chi connectivity index (χ1) is 8.75. The van der Waals surface area contributed by atoms with E-state index in [9.17, 15) is 17.2 Å². The molecule has 108 valence electrons. The Balaban J connectivity index is 3.47. The van der Waals surface area contributed by atoms with Crippen molar-refractivity contribution in [2.45, 2.75) is 38.3 Å². The Morgan fingerprint density at radius 2 is 1.89 bits per heavy atom. The molecule has 1 N–H and O–H groups in total. The smallest absolute Gasteiger partial charge is 0.246 e. The van der Waals surface area contributed by atoms with Crippen LogP contribution < -0.4 is 0 Å². The second kappa shape index (κ2) is 5.94. The minimum absolute atomic E-state index is 0.0114. The summed E-state index contributed by atoms with van der Waals surface area (Å²) in [6.45, 7) is 4.48. The molecule has 0 spiro atoms. The van der Waals surface area contributed by atoms with E-state index in [0.717, 1.165) is 16.4 Å². The number of aliphatic hydroxyl groups excluding tert-OH is 1. The molecule has 4 nitrogen and oxygen atoms in total. The summed E-state index contributed by atoms with van der Waals surface area (Å²) in [5.41, 5.74) is 0.0114. The van der Waals surface area contributed by atoms with E-state index >= 15 is 0 Å². The standard InChI is InChI=1S/C12H17F2NO3S/c1-4-15(8(2)3)19(17,18)11-6-9(7-16)5-10(13)12(11)14/h5-6,8,16H,4,7H2,1-3H3. The summed E-state index contributed by atoms with van der Waals surface area (Å²) < 4.78 is 52.7. The van der Waals surface area contributed by atoms with Crippen molar-refractivity contribution in [2.24, 2.45) is 0 Å². The van der Waals surface area contributed by atoms with Crippen LogP contribution in [0.5, 0.6) is 0 Å². The van der Waals surface area contributed by atoms with Gasteiger partial charge in [-0.25, -0.2) is 17.2 Å². The molecule has 0 bridgehead atoms. The van der Waals surface area contributed by atoms with Gasteiger partial charge >= 0.3 is 0 Å². The third-order valence-electron chi connectivity index (χ3n) is 2.71. The van der Waals surface area contributed by atoms with Crippen LogP contribution in [0.4, 0.5) is 8.78 Å². The van der Waals surface area contributed by atoms with Crippen molar-refractivity contribution in [1.29, 1.82) is 0 Å².